The number of nitrogens with zero attached hydrogens (tertiary/aromatic N) is 1. The van der Waals surface area contributed by atoms with Crippen LogP contribution in [0.5, 0.6) is 0 Å². The van der Waals surface area contributed by atoms with Gasteiger partial charge >= 0.3 is 0 Å². The molecule has 2 rings (SSSR count). The number of aliphatic hydroxyl groups is 1. The Labute approximate surface area is 93.5 Å². The minimum absolute atomic E-state index is 0.0111. The molecular formula is C12H13NO3. The highest BCUT2D eigenvalue weighted by Gasteiger charge is 2.29. The molecule has 1 aliphatic rings. The van der Waals surface area contributed by atoms with Crippen LogP contribution in [0, 0.1) is 6.92 Å². The fourth-order valence-electron chi connectivity index (χ4n) is 1.94. The van der Waals surface area contributed by atoms with Crippen LogP contribution in [0.4, 0.5) is 5.69 Å². The van der Waals surface area contributed by atoms with Gasteiger partial charge in [0.25, 0.3) is 0 Å². The van der Waals surface area contributed by atoms with Gasteiger partial charge in [0.2, 0.25) is 5.91 Å². The lowest BCUT2D eigenvalue weighted by Crippen LogP contribution is -2.25. The zero-order valence-corrected chi connectivity index (χ0v) is 9.06. The van der Waals surface area contributed by atoms with Crippen LogP contribution in [0.15, 0.2) is 18.2 Å². The van der Waals surface area contributed by atoms with Gasteiger partial charge in [-0.25, -0.2) is 0 Å². The largest absolute Gasteiger partial charge is 0.392 e. The highest BCUT2D eigenvalue weighted by molar-refractivity contribution is 6.15. The van der Waals surface area contributed by atoms with Gasteiger partial charge in [-0.2, -0.15) is 0 Å². The topological polar surface area (TPSA) is 57.6 Å². The van der Waals surface area contributed by atoms with E-state index in [1.54, 1.807) is 18.2 Å². The van der Waals surface area contributed by atoms with E-state index in [1.807, 2.05) is 6.92 Å². The number of hydrogen-bond acceptors (Lipinski definition) is 3. The summed E-state index contributed by atoms with van der Waals surface area (Å²) in [6, 6.07) is 5.39. The Morgan fingerprint density at radius 1 is 1.38 bits per heavy atom. The lowest BCUT2D eigenvalue weighted by Gasteiger charge is -2.18. The first-order valence-corrected chi connectivity index (χ1v) is 5.15. The molecule has 0 saturated carbocycles. The van der Waals surface area contributed by atoms with Crippen LogP contribution in [0.2, 0.25) is 0 Å². The Balaban J connectivity index is 2.41. The molecule has 0 spiro atoms. The quantitative estimate of drug-likeness (QED) is 0.748. The molecular weight excluding hydrogens is 206 g/mol. The molecule has 16 heavy (non-hydrogen) atoms. The van der Waals surface area contributed by atoms with Gasteiger partial charge in [-0.15, -0.1) is 0 Å². The molecule has 1 aliphatic heterocycles. The molecule has 1 aromatic rings. The number of carbonyl (C=O) groups excluding carboxylic acids is 2. The summed E-state index contributed by atoms with van der Waals surface area (Å²) in [6.45, 7) is 1.93. The summed E-state index contributed by atoms with van der Waals surface area (Å²) in [5.74, 6) is -0.220. The van der Waals surface area contributed by atoms with E-state index in [0.717, 1.165) is 16.8 Å². The van der Waals surface area contributed by atoms with E-state index in [9.17, 15) is 9.59 Å². The normalized spacial score (nSPS) is 16.0. The van der Waals surface area contributed by atoms with Crippen molar-refractivity contribution in [2.75, 3.05) is 11.4 Å². The molecule has 1 amide bonds. The molecule has 0 aromatic heterocycles. The van der Waals surface area contributed by atoms with Crippen LogP contribution in [0.25, 0.3) is 0 Å². The maximum absolute atomic E-state index is 11.6. The fraction of sp³-hybridized carbons (Fsp3) is 0.333. The van der Waals surface area contributed by atoms with Crippen molar-refractivity contribution >= 4 is 17.4 Å². The van der Waals surface area contributed by atoms with E-state index in [4.69, 9.17) is 5.11 Å². The van der Waals surface area contributed by atoms with Crippen molar-refractivity contribution in [3.05, 3.63) is 29.3 Å². The van der Waals surface area contributed by atoms with Gasteiger partial charge < -0.3 is 10.0 Å². The molecule has 0 radical (unpaired) electrons. The molecule has 0 bridgehead atoms. The van der Waals surface area contributed by atoms with Gasteiger partial charge in [0.05, 0.1) is 19.6 Å². The number of hydrogen-bond donors (Lipinski definition) is 1. The van der Waals surface area contributed by atoms with Gasteiger partial charge in [-0.05, 0) is 24.1 Å². The van der Waals surface area contributed by atoms with E-state index in [1.165, 1.54) is 4.90 Å². The minimum Gasteiger partial charge on any atom is -0.392 e. The standard InChI is InChI=1S/C12H13NO3/c1-8-9(7-14)3-2-4-11(8)13-6-10(15)5-12(13)16/h2-4,14H,5-7H2,1H3. The summed E-state index contributed by atoms with van der Waals surface area (Å²) in [5, 5.41) is 9.13. The lowest BCUT2D eigenvalue weighted by atomic mass is 10.1. The molecule has 84 valence electrons. The molecule has 4 nitrogen and oxygen atoms in total. The third kappa shape index (κ3) is 1.72. The van der Waals surface area contributed by atoms with Crippen molar-refractivity contribution in [3.8, 4) is 0 Å². The second kappa shape index (κ2) is 4.06. The molecule has 0 aliphatic carbocycles. The zero-order chi connectivity index (χ0) is 11.7. The molecule has 0 atom stereocenters. The number of anilines is 1. The van der Waals surface area contributed by atoms with Crippen molar-refractivity contribution in [2.24, 2.45) is 0 Å². The number of aliphatic hydroxyl groups excluding tert-OH is 1. The minimum atomic E-state index is -0.164. The lowest BCUT2D eigenvalue weighted by molar-refractivity contribution is -0.121. The second-order valence-corrected chi connectivity index (χ2v) is 3.91. The Morgan fingerprint density at radius 2 is 2.12 bits per heavy atom. The highest BCUT2D eigenvalue weighted by Crippen LogP contribution is 2.26. The van der Waals surface area contributed by atoms with Crippen LogP contribution < -0.4 is 4.90 Å². The van der Waals surface area contributed by atoms with Crippen molar-refractivity contribution in [1.29, 1.82) is 0 Å². The highest BCUT2D eigenvalue weighted by atomic mass is 16.3. The predicted octanol–water partition coefficient (Wildman–Crippen LogP) is 0.793. The Hall–Kier alpha value is -1.68. The smallest absolute Gasteiger partial charge is 0.234 e. The summed E-state index contributed by atoms with van der Waals surface area (Å²) in [6.07, 6.45) is -0.0111. The fourth-order valence-corrected chi connectivity index (χ4v) is 1.94. The first-order chi connectivity index (χ1) is 7.63. The molecule has 0 unspecified atom stereocenters. The van der Waals surface area contributed by atoms with Gasteiger partial charge in [0, 0.05) is 5.69 Å². The molecule has 4 heteroatoms. The molecule has 1 heterocycles. The predicted molar refractivity (Wildman–Crippen MR) is 59.1 cm³/mol. The third-order valence-corrected chi connectivity index (χ3v) is 2.86. The number of Topliss-reactive ketones (excluding diaryl/α,β-unsaturated/α-hetero) is 1. The SMILES string of the molecule is Cc1c(CO)cccc1N1CC(=O)CC1=O. The Kier molecular flexibility index (Phi) is 2.75. The van der Waals surface area contributed by atoms with E-state index in [-0.39, 0.29) is 31.3 Å². The average Bonchev–Trinajstić information content (AvgIpc) is 2.58. The number of rotatable bonds is 2. The van der Waals surface area contributed by atoms with E-state index in [0.29, 0.717) is 0 Å². The Bertz CT molecular complexity index is 454. The van der Waals surface area contributed by atoms with Crippen LogP contribution in [-0.2, 0) is 16.2 Å². The average molecular weight is 219 g/mol. The van der Waals surface area contributed by atoms with E-state index < -0.39 is 0 Å². The molecule has 1 aromatic carbocycles. The monoisotopic (exact) mass is 219 g/mol. The van der Waals surface area contributed by atoms with Crippen LogP contribution in [0.3, 0.4) is 0 Å². The molecule has 1 fully saturated rings. The molecule has 1 N–H and O–H groups in total. The maximum Gasteiger partial charge on any atom is 0.234 e. The van der Waals surface area contributed by atoms with Crippen LogP contribution in [0.1, 0.15) is 17.5 Å². The van der Waals surface area contributed by atoms with E-state index >= 15 is 0 Å². The first kappa shape index (κ1) is 10.8. The van der Waals surface area contributed by atoms with Gasteiger partial charge in [-0.3, -0.25) is 9.59 Å². The Morgan fingerprint density at radius 3 is 2.69 bits per heavy atom. The van der Waals surface area contributed by atoms with Crippen molar-refractivity contribution in [3.63, 3.8) is 0 Å². The van der Waals surface area contributed by atoms with Crippen LogP contribution >= 0.6 is 0 Å². The number of benzene rings is 1. The summed E-state index contributed by atoms with van der Waals surface area (Å²) in [7, 11) is 0. The van der Waals surface area contributed by atoms with Crippen molar-refractivity contribution < 1.29 is 14.7 Å². The molecule has 1 saturated heterocycles. The van der Waals surface area contributed by atoms with E-state index in [2.05, 4.69) is 0 Å². The zero-order valence-electron chi connectivity index (χ0n) is 9.06. The van der Waals surface area contributed by atoms with Crippen LogP contribution in [-0.4, -0.2) is 23.3 Å². The summed E-state index contributed by atoms with van der Waals surface area (Å²) < 4.78 is 0. The second-order valence-electron chi connectivity index (χ2n) is 3.91. The maximum atomic E-state index is 11.6. The number of amides is 1. The van der Waals surface area contributed by atoms with Crippen molar-refractivity contribution in [2.45, 2.75) is 20.0 Å². The van der Waals surface area contributed by atoms with Gasteiger partial charge in [0.1, 0.15) is 0 Å². The van der Waals surface area contributed by atoms with Crippen molar-refractivity contribution in [1.82, 2.24) is 0 Å². The third-order valence-electron chi connectivity index (χ3n) is 2.86. The van der Waals surface area contributed by atoms with Gasteiger partial charge in [-0.1, -0.05) is 12.1 Å². The summed E-state index contributed by atoms with van der Waals surface area (Å²) in [5.41, 5.74) is 2.36. The number of carbonyl (C=O) groups is 2. The summed E-state index contributed by atoms with van der Waals surface area (Å²) >= 11 is 0. The first-order valence-electron chi connectivity index (χ1n) is 5.15. The van der Waals surface area contributed by atoms with Gasteiger partial charge in [0.15, 0.2) is 5.78 Å². The number of ketones is 1. The summed E-state index contributed by atoms with van der Waals surface area (Å²) in [4.78, 5) is 24.3.